The topological polar surface area (TPSA) is 89.3 Å². The number of fused-ring (bicyclic) bond motifs is 1. The van der Waals surface area contributed by atoms with E-state index >= 15 is 0 Å². The van der Waals surface area contributed by atoms with Gasteiger partial charge in [-0.05, 0) is 42.2 Å². The third kappa shape index (κ3) is 5.06. The number of carbonyl (C=O) groups is 2. The second-order valence-electron chi connectivity index (χ2n) is 8.62. The average Bonchev–Trinajstić information content (AvgIpc) is 3.16. The van der Waals surface area contributed by atoms with Gasteiger partial charge in [0.2, 0.25) is 5.91 Å². The van der Waals surface area contributed by atoms with Crippen molar-refractivity contribution in [3.63, 3.8) is 0 Å². The van der Waals surface area contributed by atoms with E-state index in [0.717, 1.165) is 29.8 Å². The molecule has 7 nitrogen and oxygen atoms in total. The molecule has 1 aromatic heterocycles. The van der Waals surface area contributed by atoms with Gasteiger partial charge in [0.15, 0.2) is 0 Å². The van der Waals surface area contributed by atoms with Gasteiger partial charge in [0.1, 0.15) is 6.04 Å². The normalized spacial score (nSPS) is 19.1. The number of hydrogen-bond acceptors (Lipinski definition) is 5. The van der Waals surface area contributed by atoms with Gasteiger partial charge in [-0.2, -0.15) is 5.26 Å². The van der Waals surface area contributed by atoms with E-state index in [4.69, 9.17) is 5.26 Å². The fourth-order valence-electron chi connectivity index (χ4n) is 4.39. The van der Waals surface area contributed by atoms with Gasteiger partial charge < -0.3 is 15.1 Å². The zero-order valence-electron chi connectivity index (χ0n) is 18.8. The first-order chi connectivity index (χ1) is 16.3. The Hall–Kier alpha value is -3.80. The minimum atomic E-state index is -3.10. The number of hydrogen-bond donors (Lipinski definition) is 1. The summed E-state index contributed by atoms with van der Waals surface area (Å²) < 4.78 is 27.2. The largest absolute Gasteiger partial charge is 0.374 e. The lowest BCUT2D eigenvalue weighted by Crippen LogP contribution is -2.43. The Bertz CT molecular complexity index is 1170. The van der Waals surface area contributed by atoms with E-state index in [-0.39, 0.29) is 0 Å². The molecule has 176 valence electrons. The average molecular weight is 466 g/mol. The van der Waals surface area contributed by atoms with Crippen molar-refractivity contribution >= 4 is 29.7 Å². The van der Waals surface area contributed by atoms with Crippen molar-refractivity contribution < 1.29 is 18.4 Å². The van der Waals surface area contributed by atoms with Crippen LogP contribution in [0.5, 0.6) is 0 Å². The highest BCUT2D eigenvalue weighted by Gasteiger charge is 2.47. The van der Waals surface area contributed by atoms with E-state index in [1.165, 1.54) is 23.5 Å². The van der Waals surface area contributed by atoms with E-state index in [1.807, 2.05) is 12.1 Å². The van der Waals surface area contributed by atoms with E-state index in [0.29, 0.717) is 11.1 Å². The second kappa shape index (κ2) is 9.59. The van der Waals surface area contributed by atoms with Crippen molar-refractivity contribution in [1.82, 2.24) is 15.2 Å². The summed E-state index contributed by atoms with van der Waals surface area (Å²) in [5.41, 5.74) is 4.37. The van der Waals surface area contributed by atoms with Gasteiger partial charge in [0.05, 0.1) is 19.2 Å². The SMILES string of the molecule is CN1CCCc2cc(C=Cc3cnccc3C(=O)NCC(=O)N3CC(F)(F)CC3C#N)ccc21. The predicted octanol–water partition coefficient (Wildman–Crippen LogP) is 3.12. The Kier molecular flexibility index (Phi) is 6.59. The predicted molar refractivity (Wildman–Crippen MR) is 124 cm³/mol. The fraction of sp³-hybridized carbons (Fsp3) is 0.360. The maximum atomic E-state index is 13.6. The Morgan fingerprint density at radius 2 is 2.15 bits per heavy atom. The van der Waals surface area contributed by atoms with Crippen molar-refractivity contribution in [2.45, 2.75) is 31.2 Å². The first-order valence-electron chi connectivity index (χ1n) is 11.1. The van der Waals surface area contributed by atoms with Gasteiger partial charge in [0, 0.05) is 49.2 Å². The number of rotatable bonds is 5. The summed E-state index contributed by atoms with van der Waals surface area (Å²) in [5.74, 6) is -4.35. The van der Waals surface area contributed by atoms with E-state index in [1.54, 1.807) is 18.3 Å². The van der Waals surface area contributed by atoms with Gasteiger partial charge in [-0.25, -0.2) is 8.78 Å². The highest BCUT2D eigenvalue weighted by molar-refractivity contribution is 6.00. The van der Waals surface area contributed by atoms with E-state index in [2.05, 4.69) is 34.4 Å². The zero-order chi connectivity index (χ0) is 24.3. The number of carbonyl (C=O) groups excluding carboxylic acids is 2. The summed E-state index contributed by atoms with van der Waals surface area (Å²) in [4.78, 5) is 32.3. The summed E-state index contributed by atoms with van der Waals surface area (Å²) in [5, 5.41) is 11.5. The van der Waals surface area contributed by atoms with Crippen LogP contribution in [0.4, 0.5) is 14.5 Å². The molecular weight excluding hydrogens is 440 g/mol. The van der Waals surface area contributed by atoms with Crippen molar-refractivity contribution in [2.75, 3.05) is 31.6 Å². The molecule has 0 radical (unpaired) electrons. The molecule has 1 N–H and O–H groups in total. The summed E-state index contributed by atoms with van der Waals surface area (Å²) in [6.45, 7) is -0.257. The van der Waals surface area contributed by atoms with Crippen LogP contribution in [0.15, 0.2) is 36.7 Å². The van der Waals surface area contributed by atoms with Crippen LogP contribution >= 0.6 is 0 Å². The first-order valence-corrected chi connectivity index (χ1v) is 11.1. The number of anilines is 1. The lowest BCUT2D eigenvalue weighted by molar-refractivity contribution is -0.131. The number of halogens is 2. The second-order valence-corrected chi connectivity index (χ2v) is 8.62. The van der Waals surface area contributed by atoms with Crippen molar-refractivity contribution in [2.24, 2.45) is 0 Å². The molecule has 0 spiro atoms. The summed E-state index contributed by atoms with van der Waals surface area (Å²) in [6, 6.07) is 8.30. The quantitative estimate of drug-likeness (QED) is 0.733. The highest BCUT2D eigenvalue weighted by Crippen LogP contribution is 2.31. The molecule has 2 aliphatic heterocycles. The molecule has 1 fully saturated rings. The molecule has 4 rings (SSSR count). The number of alkyl halides is 2. The van der Waals surface area contributed by atoms with Gasteiger partial charge in [-0.1, -0.05) is 18.2 Å². The van der Waals surface area contributed by atoms with Crippen molar-refractivity contribution in [3.05, 3.63) is 58.9 Å². The summed E-state index contributed by atoms with van der Waals surface area (Å²) in [7, 11) is 2.08. The van der Waals surface area contributed by atoms with Crippen LogP contribution in [0, 0.1) is 11.3 Å². The molecule has 0 aliphatic carbocycles. The third-order valence-electron chi connectivity index (χ3n) is 6.15. The molecule has 9 heteroatoms. The molecule has 1 aromatic carbocycles. The van der Waals surface area contributed by atoms with Gasteiger partial charge in [-0.15, -0.1) is 0 Å². The molecular formula is C25H25F2N5O2. The number of pyridine rings is 1. The number of aryl methyl sites for hydroxylation is 1. The lowest BCUT2D eigenvalue weighted by atomic mass is 9.99. The number of amides is 2. The number of nitrogens with one attached hydrogen (secondary N) is 1. The molecule has 34 heavy (non-hydrogen) atoms. The first kappa shape index (κ1) is 23.4. The standard InChI is InChI=1S/C25H25F2N5O2/c1-31-10-2-3-18-11-17(5-7-22(18)31)4-6-19-14-29-9-8-21(19)24(34)30-15-23(33)32-16-25(26,27)12-20(32)13-28/h4-9,11,14,20H,2-3,10,12,15-16H2,1H3,(H,30,34). The molecule has 1 saturated heterocycles. The van der Waals surface area contributed by atoms with Gasteiger partial charge in [0.25, 0.3) is 11.8 Å². The number of aromatic nitrogens is 1. The molecule has 3 heterocycles. The Labute approximate surface area is 196 Å². The molecule has 1 unspecified atom stereocenters. The van der Waals surface area contributed by atoms with Crippen LogP contribution in [0.25, 0.3) is 12.2 Å². The van der Waals surface area contributed by atoms with Crippen molar-refractivity contribution in [1.29, 1.82) is 5.26 Å². The molecule has 2 aromatic rings. The smallest absolute Gasteiger partial charge is 0.268 e. The van der Waals surface area contributed by atoms with Crippen molar-refractivity contribution in [3.8, 4) is 6.07 Å². The monoisotopic (exact) mass is 465 g/mol. The number of nitriles is 1. The molecule has 0 saturated carbocycles. The minimum absolute atomic E-state index is 0.306. The Balaban J connectivity index is 1.44. The number of benzene rings is 1. The summed E-state index contributed by atoms with van der Waals surface area (Å²) >= 11 is 0. The van der Waals surface area contributed by atoms with E-state index < -0.39 is 43.3 Å². The van der Waals surface area contributed by atoms with Crippen LogP contribution in [0.2, 0.25) is 0 Å². The van der Waals surface area contributed by atoms with Crippen LogP contribution in [0.3, 0.4) is 0 Å². The molecule has 1 atom stereocenters. The van der Waals surface area contributed by atoms with Crippen LogP contribution in [-0.2, 0) is 11.2 Å². The summed E-state index contributed by atoms with van der Waals surface area (Å²) in [6.07, 6.45) is 8.13. The fourth-order valence-corrected chi connectivity index (χ4v) is 4.39. The van der Waals surface area contributed by atoms with Crippen LogP contribution in [-0.4, -0.2) is 60.3 Å². The van der Waals surface area contributed by atoms with Gasteiger partial charge >= 0.3 is 0 Å². The maximum absolute atomic E-state index is 13.6. The van der Waals surface area contributed by atoms with Gasteiger partial charge in [-0.3, -0.25) is 14.6 Å². The van der Waals surface area contributed by atoms with Crippen LogP contribution in [0.1, 0.15) is 39.9 Å². The molecule has 2 amide bonds. The Morgan fingerprint density at radius 1 is 1.32 bits per heavy atom. The number of likely N-dealkylation sites (tertiary alicyclic amines) is 1. The van der Waals surface area contributed by atoms with Crippen LogP contribution < -0.4 is 10.2 Å². The third-order valence-corrected chi connectivity index (χ3v) is 6.15. The lowest BCUT2D eigenvalue weighted by Gasteiger charge is -2.27. The Morgan fingerprint density at radius 3 is 2.94 bits per heavy atom. The maximum Gasteiger partial charge on any atom is 0.268 e. The minimum Gasteiger partial charge on any atom is -0.374 e. The van der Waals surface area contributed by atoms with E-state index in [9.17, 15) is 18.4 Å². The zero-order valence-corrected chi connectivity index (χ0v) is 18.8. The molecule has 2 aliphatic rings. The molecule has 0 bridgehead atoms. The highest BCUT2D eigenvalue weighted by atomic mass is 19.3. The number of nitrogens with zero attached hydrogens (tertiary/aromatic N) is 4.